The van der Waals surface area contributed by atoms with Crippen LogP contribution in [-0.2, 0) is 26.0 Å². The van der Waals surface area contributed by atoms with Gasteiger partial charge in [0.2, 0.25) is 0 Å². The predicted molar refractivity (Wildman–Crippen MR) is 134 cm³/mol. The molecule has 4 N–H and O–H groups in total. The van der Waals surface area contributed by atoms with E-state index in [-0.39, 0.29) is 10.2 Å². The van der Waals surface area contributed by atoms with Gasteiger partial charge in [-0.25, -0.2) is 4.21 Å². The lowest BCUT2D eigenvalue weighted by molar-refractivity contribution is -0.921. The molecule has 196 valence electrons. The van der Waals surface area contributed by atoms with Crippen LogP contribution in [0.15, 0.2) is 0 Å². The Morgan fingerprint density at radius 3 is 1.85 bits per heavy atom. The molecule has 0 aromatic rings. The molecule has 0 aliphatic carbocycles. The van der Waals surface area contributed by atoms with Crippen LogP contribution in [0.25, 0.3) is 0 Å². The molecule has 4 atom stereocenters. The van der Waals surface area contributed by atoms with E-state index in [2.05, 4.69) is 6.92 Å². The zero-order valence-corrected chi connectivity index (χ0v) is 22.5. The summed E-state index contributed by atoms with van der Waals surface area (Å²) in [5.41, 5.74) is 4.76. The first-order valence-electron chi connectivity index (χ1n) is 12.5. The topological polar surface area (TPSA) is 135 Å². The Bertz CT molecular complexity index is 728. The van der Waals surface area contributed by atoms with Crippen LogP contribution in [0.5, 0.6) is 0 Å². The lowest BCUT2D eigenvalue weighted by Crippen LogP contribution is -2.65. The number of unbranched alkanes of at least 4 members (excludes halogenated alkanes) is 11. The Morgan fingerprint density at radius 1 is 1.00 bits per heavy atom. The van der Waals surface area contributed by atoms with E-state index in [9.17, 15) is 26.5 Å². The minimum Gasteiger partial charge on any atom is -0.364 e. The van der Waals surface area contributed by atoms with Gasteiger partial charge >= 0.3 is 0 Å². The summed E-state index contributed by atoms with van der Waals surface area (Å²) in [5, 5.41) is 0. The molecule has 1 fully saturated rings. The molecular formula is C23H47N2O6S2+. The molecule has 0 spiro atoms. The van der Waals surface area contributed by atoms with E-state index in [1.807, 2.05) is 14.1 Å². The van der Waals surface area contributed by atoms with Gasteiger partial charge in [-0.3, -0.25) is 9.35 Å². The van der Waals surface area contributed by atoms with Crippen molar-refractivity contribution in [3.8, 4) is 0 Å². The van der Waals surface area contributed by atoms with E-state index in [1.165, 1.54) is 51.4 Å². The van der Waals surface area contributed by atoms with Gasteiger partial charge in [0.1, 0.15) is 0 Å². The molecule has 1 saturated heterocycles. The van der Waals surface area contributed by atoms with E-state index < -0.39 is 50.2 Å². The average molecular weight is 512 g/mol. The third kappa shape index (κ3) is 9.55. The van der Waals surface area contributed by atoms with Crippen LogP contribution in [0, 0.1) is 11.8 Å². The Hall–Kier alpha value is -0.550. The highest BCUT2D eigenvalue weighted by atomic mass is 32.2. The molecule has 0 saturated carbocycles. The highest BCUT2D eigenvalue weighted by Crippen LogP contribution is 2.46. The molecule has 0 radical (unpaired) electrons. The monoisotopic (exact) mass is 511 g/mol. The van der Waals surface area contributed by atoms with Gasteiger partial charge in [0.25, 0.3) is 16.0 Å². The molecule has 1 aliphatic rings. The van der Waals surface area contributed by atoms with Crippen molar-refractivity contribution in [1.29, 1.82) is 0 Å². The molecule has 10 heteroatoms. The van der Waals surface area contributed by atoms with Crippen molar-refractivity contribution >= 4 is 27.1 Å². The summed E-state index contributed by atoms with van der Waals surface area (Å²) in [4.78, 5) is 12.8. The Morgan fingerprint density at radius 2 is 1.45 bits per heavy atom. The first-order valence-corrected chi connectivity index (χ1v) is 15.4. The lowest BCUT2D eigenvalue weighted by Gasteiger charge is -2.43. The fraction of sp³-hybridized carbons (Fsp3) is 0.957. The van der Waals surface area contributed by atoms with Crippen LogP contribution in [0.2, 0.25) is 0 Å². The average Bonchev–Trinajstić information content (AvgIpc) is 2.87. The molecule has 0 bridgehead atoms. The quantitative estimate of drug-likeness (QED) is 0.111. The normalized spacial score (nSPS) is 25.8. The maximum Gasteiger partial charge on any atom is 0.279 e. The third-order valence-electron chi connectivity index (χ3n) is 7.54. The van der Waals surface area contributed by atoms with Crippen LogP contribution in [0.4, 0.5) is 0 Å². The third-order valence-corrected chi connectivity index (χ3v) is 9.03. The maximum atomic E-state index is 12.8. The summed E-state index contributed by atoms with van der Waals surface area (Å²) in [6, 6.07) is 0. The second-order valence-electron chi connectivity index (χ2n) is 10.4. The van der Waals surface area contributed by atoms with Gasteiger partial charge in [-0.1, -0.05) is 77.6 Å². The van der Waals surface area contributed by atoms with Crippen molar-refractivity contribution in [2.75, 3.05) is 32.1 Å². The second kappa shape index (κ2) is 14.1. The van der Waals surface area contributed by atoms with Gasteiger partial charge in [0.15, 0.2) is 16.6 Å². The largest absolute Gasteiger partial charge is 0.364 e. The summed E-state index contributed by atoms with van der Waals surface area (Å²) in [6.45, 7) is 2.52. The van der Waals surface area contributed by atoms with E-state index >= 15 is 0 Å². The summed E-state index contributed by atoms with van der Waals surface area (Å²) >= 11 is -2.21. The zero-order chi connectivity index (χ0) is 25.1. The van der Waals surface area contributed by atoms with Crippen molar-refractivity contribution in [3.05, 3.63) is 0 Å². The first-order chi connectivity index (χ1) is 15.4. The number of nitrogens with two attached hydrogens (primary N) is 1. The summed E-state index contributed by atoms with van der Waals surface area (Å²) < 4.78 is 54.0. The number of likely N-dealkylation sites (tertiary alicyclic amines) is 1. The number of hydrogen-bond donors (Lipinski definition) is 3. The molecule has 1 amide bonds. The predicted octanol–water partition coefficient (Wildman–Crippen LogP) is 3.73. The van der Waals surface area contributed by atoms with Crippen LogP contribution >= 0.6 is 0 Å². The molecule has 8 nitrogen and oxygen atoms in total. The van der Waals surface area contributed by atoms with Gasteiger partial charge in [-0.05, 0) is 6.42 Å². The summed E-state index contributed by atoms with van der Waals surface area (Å²) in [5.74, 6) is -2.64. The maximum absolute atomic E-state index is 12.8. The van der Waals surface area contributed by atoms with Crippen molar-refractivity contribution in [2.45, 2.75) is 95.9 Å². The van der Waals surface area contributed by atoms with Gasteiger partial charge in [0.05, 0.1) is 32.1 Å². The minimum atomic E-state index is -4.29. The van der Waals surface area contributed by atoms with E-state index in [4.69, 9.17) is 5.73 Å². The first kappa shape index (κ1) is 30.5. The number of carbonyl (C=O) groups excluding carboxylic acids is 1. The smallest absolute Gasteiger partial charge is 0.279 e. The van der Waals surface area contributed by atoms with Crippen molar-refractivity contribution in [2.24, 2.45) is 17.6 Å². The number of nitrogens with zero attached hydrogens (tertiary/aromatic N) is 1. The number of likely N-dealkylation sites (N-methyl/N-ethyl adjacent to an activating group) is 1. The molecule has 1 rings (SSSR count). The highest BCUT2D eigenvalue weighted by Gasteiger charge is 2.65. The van der Waals surface area contributed by atoms with E-state index in [0.717, 1.165) is 25.7 Å². The van der Waals surface area contributed by atoms with Crippen LogP contribution < -0.4 is 5.73 Å². The second-order valence-corrected chi connectivity index (χ2v) is 12.9. The molecule has 0 aromatic carbocycles. The molecule has 1 heterocycles. The number of amides is 1. The number of primary amides is 1. The standard InChI is InChI=1S/C23H46N2O6S2/c1-4-5-6-7-8-9-10-11-12-13-14-15-16-23(22(24)26)21(18-32(27)28)20(17-25(23,2)3)19-33(29,30)31/h20-21H,4-19H2,1-3H3,(H3-,24,26,27,28,29,30,31)/p+1. The fourth-order valence-corrected chi connectivity index (χ4v) is 7.64. The van der Waals surface area contributed by atoms with Gasteiger partial charge < -0.3 is 14.8 Å². The van der Waals surface area contributed by atoms with E-state index in [1.54, 1.807) is 0 Å². The molecule has 33 heavy (non-hydrogen) atoms. The van der Waals surface area contributed by atoms with Gasteiger partial charge in [-0.15, -0.1) is 0 Å². The Labute approximate surface area is 203 Å². The number of rotatable bonds is 18. The Kier molecular flexibility index (Phi) is 13.0. The lowest BCUT2D eigenvalue weighted by atomic mass is 9.76. The Balaban J connectivity index is 2.65. The van der Waals surface area contributed by atoms with Crippen molar-refractivity contribution in [1.82, 2.24) is 0 Å². The van der Waals surface area contributed by atoms with Crippen LogP contribution in [0.1, 0.15) is 90.4 Å². The summed E-state index contributed by atoms with van der Waals surface area (Å²) in [7, 11) is -0.648. The molecule has 4 unspecified atom stereocenters. The SMILES string of the molecule is CCCCCCCCCCCCCCC1(C(N)=O)C(CS(=O)O)C(CS(=O)(=O)O)C[N+]1(C)C. The zero-order valence-electron chi connectivity index (χ0n) is 20.8. The number of carbonyl (C=O) groups is 1. The molecule has 0 aromatic heterocycles. The summed E-state index contributed by atoms with van der Waals surface area (Å²) in [6.07, 6.45) is 14.6. The molecular weight excluding hydrogens is 464 g/mol. The van der Waals surface area contributed by atoms with Crippen molar-refractivity contribution < 1.29 is 31.0 Å². The number of hydrogen-bond acceptors (Lipinski definition) is 4. The van der Waals surface area contributed by atoms with Gasteiger partial charge in [-0.2, -0.15) is 8.42 Å². The van der Waals surface area contributed by atoms with Crippen LogP contribution in [0.3, 0.4) is 0 Å². The van der Waals surface area contributed by atoms with Crippen molar-refractivity contribution in [3.63, 3.8) is 0 Å². The number of quaternary nitrogens is 1. The molecule has 1 aliphatic heterocycles. The highest BCUT2D eigenvalue weighted by molar-refractivity contribution is 7.85. The minimum absolute atomic E-state index is 0.155. The van der Waals surface area contributed by atoms with Crippen LogP contribution in [-0.4, -0.2) is 69.8 Å². The fourth-order valence-electron chi connectivity index (χ4n) is 5.91. The van der Waals surface area contributed by atoms with Gasteiger partial charge in [0, 0.05) is 18.3 Å². The van der Waals surface area contributed by atoms with E-state index in [0.29, 0.717) is 13.0 Å².